The Morgan fingerprint density at radius 3 is 3.00 bits per heavy atom. The van der Waals surface area contributed by atoms with Crippen LogP contribution in [0.15, 0.2) is 11.0 Å². The minimum atomic E-state index is -0.136. The zero-order valence-corrected chi connectivity index (χ0v) is 10.2. The van der Waals surface area contributed by atoms with Crippen LogP contribution in [0.1, 0.15) is 23.7 Å². The number of rotatable bonds is 2. The van der Waals surface area contributed by atoms with Gasteiger partial charge in [-0.3, -0.25) is 9.89 Å². The average molecular weight is 281 g/mol. The van der Waals surface area contributed by atoms with Crippen molar-refractivity contribution in [3.05, 3.63) is 33.4 Å². The molecule has 0 saturated heterocycles. The molecular formula is C10H9BrN4O. The van der Waals surface area contributed by atoms with Gasteiger partial charge in [0.2, 0.25) is 0 Å². The van der Waals surface area contributed by atoms with Crippen molar-refractivity contribution in [3.63, 3.8) is 0 Å². The quantitative estimate of drug-likeness (QED) is 0.844. The Morgan fingerprint density at radius 1 is 1.69 bits per heavy atom. The lowest BCUT2D eigenvalue weighted by Crippen LogP contribution is -2.22. The van der Waals surface area contributed by atoms with Gasteiger partial charge in [-0.15, -0.1) is 0 Å². The Hall–Kier alpha value is -1.61. The molecule has 0 spiro atoms. The number of hydrogen-bond donors (Lipinski definition) is 1. The van der Waals surface area contributed by atoms with E-state index in [-0.39, 0.29) is 5.56 Å². The molecule has 0 aliphatic heterocycles. The number of alkyl halides is 1. The van der Waals surface area contributed by atoms with Gasteiger partial charge in [-0.2, -0.15) is 5.26 Å². The lowest BCUT2D eigenvalue weighted by atomic mass is 10.2. The Labute approximate surface area is 99.8 Å². The molecule has 82 valence electrons. The molecule has 2 aromatic rings. The third kappa shape index (κ3) is 1.44. The standard InChI is InChI=1S/C10H9BrN4O/c1-2-7-8(3-11)14-9-6(4-12)5-13-15(9)10(7)16/h5,13H,2-3H2,1H3. The highest BCUT2D eigenvalue weighted by atomic mass is 79.9. The molecule has 0 atom stereocenters. The van der Waals surface area contributed by atoms with Gasteiger partial charge in [-0.25, -0.2) is 9.50 Å². The molecule has 2 aromatic heterocycles. The summed E-state index contributed by atoms with van der Waals surface area (Å²) in [5.41, 5.74) is 1.99. The van der Waals surface area contributed by atoms with Crippen molar-refractivity contribution in [2.75, 3.05) is 0 Å². The van der Waals surface area contributed by atoms with Crippen molar-refractivity contribution in [2.24, 2.45) is 0 Å². The molecule has 0 aromatic carbocycles. The van der Waals surface area contributed by atoms with Crippen LogP contribution in [0.2, 0.25) is 0 Å². The monoisotopic (exact) mass is 280 g/mol. The summed E-state index contributed by atoms with van der Waals surface area (Å²) in [6.45, 7) is 1.91. The first-order valence-corrected chi connectivity index (χ1v) is 5.93. The maximum Gasteiger partial charge on any atom is 0.276 e. The van der Waals surface area contributed by atoms with Gasteiger partial charge in [0.1, 0.15) is 11.6 Å². The maximum absolute atomic E-state index is 12.0. The van der Waals surface area contributed by atoms with Gasteiger partial charge in [0.25, 0.3) is 5.56 Å². The number of nitrogens with zero attached hydrogens (tertiary/aromatic N) is 3. The number of aromatic amines is 1. The second-order valence-corrected chi connectivity index (χ2v) is 3.85. The topological polar surface area (TPSA) is 73.9 Å². The smallest absolute Gasteiger partial charge is 0.276 e. The number of nitriles is 1. The second kappa shape index (κ2) is 4.10. The van der Waals surface area contributed by atoms with Gasteiger partial charge in [0.15, 0.2) is 5.65 Å². The number of H-pyrrole nitrogens is 1. The predicted molar refractivity (Wildman–Crippen MR) is 62.5 cm³/mol. The van der Waals surface area contributed by atoms with Crippen molar-refractivity contribution < 1.29 is 0 Å². The third-order valence-electron chi connectivity index (χ3n) is 2.44. The molecule has 5 nitrogen and oxygen atoms in total. The van der Waals surface area contributed by atoms with Gasteiger partial charge < -0.3 is 0 Å². The lowest BCUT2D eigenvalue weighted by molar-refractivity contribution is 0.851. The number of fused-ring (bicyclic) bond motifs is 1. The van der Waals surface area contributed by atoms with E-state index in [0.717, 1.165) is 0 Å². The fourth-order valence-electron chi connectivity index (χ4n) is 1.64. The molecule has 0 radical (unpaired) electrons. The van der Waals surface area contributed by atoms with Crippen LogP contribution < -0.4 is 5.56 Å². The maximum atomic E-state index is 12.0. The fraction of sp³-hybridized carbons (Fsp3) is 0.300. The van der Waals surface area contributed by atoms with Crippen molar-refractivity contribution in [3.8, 4) is 6.07 Å². The minimum Gasteiger partial charge on any atom is -0.295 e. The molecule has 6 heteroatoms. The van der Waals surface area contributed by atoms with Gasteiger partial charge in [0.05, 0.1) is 5.69 Å². The van der Waals surface area contributed by atoms with Crippen molar-refractivity contribution in [1.82, 2.24) is 14.6 Å². The highest BCUT2D eigenvalue weighted by molar-refractivity contribution is 9.08. The normalized spacial score (nSPS) is 10.6. The Kier molecular flexibility index (Phi) is 2.79. The van der Waals surface area contributed by atoms with E-state index in [1.807, 2.05) is 13.0 Å². The van der Waals surface area contributed by atoms with E-state index in [4.69, 9.17) is 5.26 Å². The molecule has 0 unspecified atom stereocenters. The van der Waals surface area contributed by atoms with Crippen molar-refractivity contribution >= 4 is 21.6 Å². The first-order chi connectivity index (χ1) is 7.72. The molecule has 0 amide bonds. The van der Waals surface area contributed by atoms with Crippen LogP contribution in [0.4, 0.5) is 0 Å². The molecule has 0 bridgehead atoms. The van der Waals surface area contributed by atoms with E-state index in [0.29, 0.717) is 34.2 Å². The zero-order chi connectivity index (χ0) is 11.7. The molecule has 2 heterocycles. The van der Waals surface area contributed by atoms with E-state index >= 15 is 0 Å². The molecular weight excluding hydrogens is 272 g/mol. The number of halogens is 1. The average Bonchev–Trinajstić information content (AvgIpc) is 2.71. The van der Waals surface area contributed by atoms with Crippen LogP contribution in [0.25, 0.3) is 5.65 Å². The van der Waals surface area contributed by atoms with Gasteiger partial charge in [0, 0.05) is 17.1 Å². The summed E-state index contributed by atoms with van der Waals surface area (Å²) in [4.78, 5) is 16.3. The summed E-state index contributed by atoms with van der Waals surface area (Å²) in [6.07, 6.45) is 2.11. The third-order valence-corrected chi connectivity index (χ3v) is 2.97. The highest BCUT2D eigenvalue weighted by Crippen LogP contribution is 2.11. The van der Waals surface area contributed by atoms with Crippen LogP contribution in [0, 0.1) is 11.3 Å². The van der Waals surface area contributed by atoms with Crippen molar-refractivity contribution in [1.29, 1.82) is 5.26 Å². The second-order valence-electron chi connectivity index (χ2n) is 3.29. The molecule has 16 heavy (non-hydrogen) atoms. The van der Waals surface area contributed by atoms with E-state index in [2.05, 4.69) is 26.0 Å². The zero-order valence-electron chi connectivity index (χ0n) is 8.62. The van der Waals surface area contributed by atoms with Crippen LogP contribution >= 0.6 is 15.9 Å². The number of hydrogen-bond acceptors (Lipinski definition) is 3. The highest BCUT2D eigenvalue weighted by Gasteiger charge is 2.13. The van der Waals surface area contributed by atoms with Gasteiger partial charge >= 0.3 is 0 Å². The molecule has 1 N–H and O–H groups in total. The molecule has 0 fully saturated rings. The number of nitrogens with one attached hydrogen (secondary N) is 1. The predicted octanol–water partition coefficient (Wildman–Crippen LogP) is 1.35. The Bertz CT molecular complexity index is 635. The molecule has 2 rings (SSSR count). The Balaban J connectivity index is 2.91. The van der Waals surface area contributed by atoms with Crippen LogP contribution in [0.3, 0.4) is 0 Å². The van der Waals surface area contributed by atoms with Crippen LogP contribution in [-0.2, 0) is 11.8 Å². The van der Waals surface area contributed by atoms with Crippen molar-refractivity contribution in [2.45, 2.75) is 18.7 Å². The lowest BCUT2D eigenvalue weighted by Gasteiger charge is -2.03. The largest absolute Gasteiger partial charge is 0.295 e. The minimum absolute atomic E-state index is 0.136. The first-order valence-electron chi connectivity index (χ1n) is 4.80. The number of aromatic nitrogens is 3. The van der Waals surface area contributed by atoms with E-state index in [1.54, 1.807) is 0 Å². The summed E-state index contributed by atoms with van der Waals surface area (Å²) in [5.74, 6) is 0. The summed E-state index contributed by atoms with van der Waals surface area (Å²) >= 11 is 3.30. The summed E-state index contributed by atoms with van der Waals surface area (Å²) in [5, 5.41) is 12.1. The van der Waals surface area contributed by atoms with Gasteiger partial charge in [-0.05, 0) is 6.42 Å². The first kappa shape index (κ1) is 10.9. The van der Waals surface area contributed by atoms with Crippen LogP contribution in [0.5, 0.6) is 0 Å². The van der Waals surface area contributed by atoms with Gasteiger partial charge in [-0.1, -0.05) is 22.9 Å². The molecule has 0 aliphatic carbocycles. The van der Waals surface area contributed by atoms with E-state index in [1.165, 1.54) is 10.7 Å². The summed E-state index contributed by atoms with van der Waals surface area (Å²) < 4.78 is 1.31. The van der Waals surface area contributed by atoms with E-state index in [9.17, 15) is 4.79 Å². The molecule has 0 saturated carbocycles. The summed E-state index contributed by atoms with van der Waals surface area (Å²) in [6, 6.07) is 2.00. The SMILES string of the molecule is CCc1c(CBr)nc2c(C#N)c[nH]n2c1=O. The molecule has 0 aliphatic rings. The van der Waals surface area contributed by atoms with Crippen LogP contribution in [-0.4, -0.2) is 14.6 Å². The fourth-order valence-corrected chi connectivity index (χ4v) is 2.11. The van der Waals surface area contributed by atoms with E-state index < -0.39 is 0 Å². The Morgan fingerprint density at radius 2 is 2.44 bits per heavy atom. The summed E-state index contributed by atoms with van der Waals surface area (Å²) in [7, 11) is 0.